The second-order valence-corrected chi connectivity index (χ2v) is 4.70. The molecule has 2 rings (SSSR count). The maximum absolute atomic E-state index is 2.33. The molecule has 0 unspecified atom stereocenters. The number of rotatable bonds is 4. The lowest BCUT2D eigenvalue weighted by atomic mass is 10.1. The summed E-state index contributed by atoms with van der Waals surface area (Å²) < 4.78 is 1.42. The van der Waals surface area contributed by atoms with Crippen molar-refractivity contribution in [3.8, 4) is 0 Å². The van der Waals surface area contributed by atoms with E-state index < -0.39 is 0 Å². The van der Waals surface area contributed by atoms with Crippen molar-refractivity contribution in [1.82, 2.24) is 0 Å². The summed E-state index contributed by atoms with van der Waals surface area (Å²) in [5.41, 5.74) is 1.47. The standard InChI is InChI=1S/C14H16S/c1-2-3-4-5-6-12-7-8-13-9-10-15-14(13)11-12/h2-3,7-11H,4-6H2,1H3. The Balaban J connectivity index is 2.01. The number of hydrogen-bond donors (Lipinski definition) is 0. The monoisotopic (exact) mass is 216 g/mol. The minimum atomic E-state index is 1.19. The molecule has 15 heavy (non-hydrogen) atoms. The highest BCUT2D eigenvalue weighted by molar-refractivity contribution is 7.17. The van der Waals surface area contributed by atoms with Crippen molar-refractivity contribution in [2.24, 2.45) is 0 Å². The van der Waals surface area contributed by atoms with Gasteiger partial charge >= 0.3 is 0 Å². The largest absolute Gasteiger partial charge is 0.144 e. The quantitative estimate of drug-likeness (QED) is 0.508. The molecule has 1 heterocycles. The van der Waals surface area contributed by atoms with Crippen LogP contribution in [0.5, 0.6) is 0 Å². The third kappa shape index (κ3) is 2.69. The Bertz CT molecular complexity index is 451. The maximum atomic E-state index is 2.33. The zero-order valence-corrected chi connectivity index (χ0v) is 9.89. The fourth-order valence-electron chi connectivity index (χ4n) is 1.75. The van der Waals surface area contributed by atoms with E-state index in [-0.39, 0.29) is 0 Å². The van der Waals surface area contributed by atoms with Crippen LogP contribution in [0.15, 0.2) is 41.8 Å². The van der Waals surface area contributed by atoms with Crippen molar-refractivity contribution < 1.29 is 0 Å². The fraction of sp³-hybridized carbons (Fsp3) is 0.286. The molecule has 1 aromatic carbocycles. The topological polar surface area (TPSA) is 0 Å². The van der Waals surface area contributed by atoms with E-state index in [0.29, 0.717) is 0 Å². The molecule has 0 radical (unpaired) electrons. The van der Waals surface area contributed by atoms with Gasteiger partial charge in [-0.25, -0.2) is 0 Å². The van der Waals surface area contributed by atoms with Crippen LogP contribution in [0.4, 0.5) is 0 Å². The number of fused-ring (bicyclic) bond motifs is 1. The predicted octanol–water partition coefficient (Wildman–Crippen LogP) is 4.80. The van der Waals surface area contributed by atoms with Gasteiger partial charge in [0.25, 0.3) is 0 Å². The van der Waals surface area contributed by atoms with Crippen molar-refractivity contribution >= 4 is 21.4 Å². The van der Waals surface area contributed by atoms with E-state index in [0.717, 1.165) is 0 Å². The van der Waals surface area contributed by atoms with Crippen LogP contribution in [0.2, 0.25) is 0 Å². The lowest BCUT2D eigenvalue weighted by molar-refractivity contribution is 0.843. The predicted molar refractivity (Wildman–Crippen MR) is 69.6 cm³/mol. The first-order chi connectivity index (χ1) is 7.40. The summed E-state index contributed by atoms with van der Waals surface area (Å²) >= 11 is 1.83. The van der Waals surface area contributed by atoms with Crippen LogP contribution in [-0.4, -0.2) is 0 Å². The number of benzene rings is 1. The van der Waals surface area contributed by atoms with Crippen molar-refractivity contribution in [1.29, 1.82) is 0 Å². The molecule has 0 aliphatic carbocycles. The highest BCUT2D eigenvalue weighted by Gasteiger charge is 1.97. The molecule has 0 saturated heterocycles. The molecule has 0 saturated carbocycles. The minimum absolute atomic E-state index is 1.19. The van der Waals surface area contributed by atoms with Gasteiger partial charge in [0.05, 0.1) is 0 Å². The molecule has 0 N–H and O–H groups in total. The van der Waals surface area contributed by atoms with Gasteiger partial charge in [-0.05, 0) is 54.6 Å². The van der Waals surface area contributed by atoms with E-state index in [1.807, 2.05) is 11.3 Å². The molecule has 1 heteroatoms. The smallest absolute Gasteiger partial charge is 0.0345 e. The third-order valence-electron chi connectivity index (χ3n) is 2.59. The Morgan fingerprint density at radius 1 is 1.27 bits per heavy atom. The van der Waals surface area contributed by atoms with Gasteiger partial charge in [0, 0.05) is 4.70 Å². The second-order valence-electron chi connectivity index (χ2n) is 3.75. The first-order valence-corrected chi connectivity index (χ1v) is 6.35. The highest BCUT2D eigenvalue weighted by atomic mass is 32.1. The molecule has 0 nitrogen and oxygen atoms in total. The number of allylic oxidation sites excluding steroid dienone is 2. The van der Waals surface area contributed by atoms with Gasteiger partial charge in [-0.1, -0.05) is 24.3 Å². The van der Waals surface area contributed by atoms with Crippen LogP contribution in [0.25, 0.3) is 10.1 Å². The third-order valence-corrected chi connectivity index (χ3v) is 3.47. The van der Waals surface area contributed by atoms with Crippen molar-refractivity contribution in [3.63, 3.8) is 0 Å². The van der Waals surface area contributed by atoms with Crippen LogP contribution in [0.1, 0.15) is 25.3 Å². The zero-order chi connectivity index (χ0) is 10.5. The molecule has 1 aromatic heterocycles. The number of unbranched alkanes of at least 4 members (excludes halogenated alkanes) is 1. The lowest BCUT2D eigenvalue weighted by Crippen LogP contribution is -1.83. The van der Waals surface area contributed by atoms with Gasteiger partial charge in [0.1, 0.15) is 0 Å². The minimum Gasteiger partial charge on any atom is -0.144 e. The number of aryl methyl sites for hydroxylation is 1. The maximum Gasteiger partial charge on any atom is 0.0345 e. The molecule has 0 fully saturated rings. The van der Waals surface area contributed by atoms with Gasteiger partial charge in [0.15, 0.2) is 0 Å². The Labute approximate surface area is 95.3 Å². The van der Waals surface area contributed by atoms with Crippen LogP contribution in [0, 0.1) is 0 Å². The average Bonchev–Trinajstić information content (AvgIpc) is 2.71. The Morgan fingerprint density at radius 3 is 3.07 bits per heavy atom. The van der Waals surface area contributed by atoms with Gasteiger partial charge in [-0.2, -0.15) is 0 Å². The summed E-state index contributed by atoms with van der Waals surface area (Å²) in [6.07, 6.45) is 8.00. The zero-order valence-electron chi connectivity index (χ0n) is 9.07. The van der Waals surface area contributed by atoms with E-state index in [9.17, 15) is 0 Å². The molecular formula is C14H16S. The molecule has 0 bridgehead atoms. The van der Waals surface area contributed by atoms with Gasteiger partial charge < -0.3 is 0 Å². The Morgan fingerprint density at radius 2 is 2.20 bits per heavy atom. The molecule has 0 amide bonds. The molecule has 0 aliphatic rings. The molecule has 78 valence electrons. The molecule has 0 atom stereocenters. The summed E-state index contributed by atoms with van der Waals surface area (Å²) in [6.45, 7) is 2.08. The normalized spacial score (nSPS) is 11.5. The number of hydrogen-bond acceptors (Lipinski definition) is 1. The van der Waals surface area contributed by atoms with E-state index >= 15 is 0 Å². The van der Waals surface area contributed by atoms with Crippen molar-refractivity contribution in [3.05, 3.63) is 47.4 Å². The van der Waals surface area contributed by atoms with E-state index in [1.54, 1.807) is 0 Å². The van der Waals surface area contributed by atoms with Gasteiger partial charge in [-0.3, -0.25) is 0 Å². The van der Waals surface area contributed by atoms with Crippen LogP contribution >= 0.6 is 11.3 Å². The summed E-state index contributed by atoms with van der Waals surface area (Å²) in [5.74, 6) is 0. The van der Waals surface area contributed by atoms with Gasteiger partial charge in [-0.15, -0.1) is 11.3 Å². The fourth-order valence-corrected chi connectivity index (χ4v) is 2.60. The van der Waals surface area contributed by atoms with E-state index in [2.05, 4.69) is 48.7 Å². The second kappa shape index (κ2) is 5.13. The lowest BCUT2D eigenvalue weighted by Gasteiger charge is -1.99. The van der Waals surface area contributed by atoms with Crippen molar-refractivity contribution in [2.75, 3.05) is 0 Å². The molecular weight excluding hydrogens is 200 g/mol. The summed E-state index contributed by atoms with van der Waals surface area (Å²) in [6, 6.07) is 9.00. The molecule has 2 aromatic rings. The van der Waals surface area contributed by atoms with Crippen molar-refractivity contribution in [2.45, 2.75) is 26.2 Å². The Hall–Kier alpha value is -1.08. The average molecular weight is 216 g/mol. The first-order valence-electron chi connectivity index (χ1n) is 5.47. The summed E-state index contributed by atoms with van der Waals surface area (Å²) in [7, 11) is 0. The van der Waals surface area contributed by atoms with E-state index in [1.165, 1.54) is 34.9 Å². The molecule has 0 aliphatic heterocycles. The SMILES string of the molecule is CC=CCCCc1ccc2ccsc2c1. The van der Waals surface area contributed by atoms with Crippen LogP contribution in [0.3, 0.4) is 0 Å². The van der Waals surface area contributed by atoms with Crippen LogP contribution in [-0.2, 0) is 6.42 Å². The Kier molecular flexibility index (Phi) is 3.57. The number of thiophene rings is 1. The van der Waals surface area contributed by atoms with Crippen LogP contribution < -0.4 is 0 Å². The first kappa shape index (κ1) is 10.4. The van der Waals surface area contributed by atoms with Gasteiger partial charge in [0.2, 0.25) is 0 Å². The summed E-state index contributed by atoms with van der Waals surface area (Å²) in [4.78, 5) is 0. The molecule has 0 spiro atoms. The highest BCUT2D eigenvalue weighted by Crippen LogP contribution is 2.22. The van der Waals surface area contributed by atoms with E-state index in [4.69, 9.17) is 0 Å². The summed E-state index contributed by atoms with van der Waals surface area (Å²) in [5, 5.41) is 3.53.